The van der Waals surface area contributed by atoms with Crippen molar-refractivity contribution in [2.75, 3.05) is 38.6 Å². The third kappa shape index (κ3) is 9.32. The van der Waals surface area contributed by atoms with E-state index in [0.717, 1.165) is 4.90 Å². The van der Waals surface area contributed by atoms with E-state index in [1.165, 1.54) is 39.2 Å². The molecule has 250 valence electrons. The van der Waals surface area contributed by atoms with Gasteiger partial charge in [0.05, 0.1) is 38.9 Å². The molecule has 0 aromatic heterocycles. The molecule has 4 rings (SSSR count). The number of methoxy groups -OCH3 is 3. The van der Waals surface area contributed by atoms with Crippen LogP contribution in [0.25, 0.3) is 6.08 Å². The van der Waals surface area contributed by atoms with Gasteiger partial charge in [-0.3, -0.25) is 14.4 Å². The molecule has 1 atom stereocenters. The molecule has 10 nitrogen and oxygen atoms in total. The van der Waals surface area contributed by atoms with Crippen LogP contribution in [0.3, 0.4) is 0 Å². The second kappa shape index (κ2) is 17.5. The summed E-state index contributed by atoms with van der Waals surface area (Å²) in [5.41, 5.74) is 1.89. The lowest BCUT2D eigenvalue weighted by Crippen LogP contribution is -2.30. The number of para-hydroxylation sites is 2. The molecule has 0 radical (unpaired) electrons. The maximum absolute atomic E-state index is 13.8. The molecule has 0 aliphatic carbocycles. The average Bonchev–Trinajstić information content (AvgIpc) is 3.11. The number of benzene rings is 4. The van der Waals surface area contributed by atoms with Crippen LogP contribution < -0.4 is 34.9 Å². The van der Waals surface area contributed by atoms with Crippen LogP contribution in [0.15, 0.2) is 102 Å². The minimum absolute atomic E-state index is 0.0359. The van der Waals surface area contributed by atoms with Crippen LogP contribution in [0.1, 0.15) is 36.2 Å². The van der Waals surface area contributed by atoms with Gasteiger partial charge < -0.3 is 34.9 Å². The maximum atomic E-state index is 13.8. The molecule has 11 heteroatoms. The Labute approximate surface area is 284 Å². The molecule has 3 N–H and O–H groups in total. The van der Waals surface area contributed by atoms with Gasteiger partial charge in [0.25, 0.3) is 11.8 Å². The van der Waals surface area contributed by atoms with Crippen molar-refractivity contribution in [2.45, 2.75) is 30.4 Å². The molecule has 0 aliphatic rings. The first-order valence-electron chi connectivity index (χ1n) is 15.3. The number of nitrogens with one attached hydrogen (secondary N) is 3. The Morgan fingerprint density at radius 2 is 1.44 bits per heavy atom. The lowest BCUT2D eigenvalue weighted by atomic mass is 10.1. The Morgan fingerprint density at radius 1 is 0.750 bits per heavy atom. The minimum Gasteiger partial charge on any atom is -0.496 e. The van der Waals surface area contributed by atoms with Gasteiger partial charge in [0.15, 0.2) is 11.5 Å². The van der Waals surface area contributed by atoms with Gasteiger partial charge >= 0.3 is 0 Å². The molecule has 3 amide bonds. The van der Waals surface area contributed by atoms with Crippen LogP contribution in [-0.2, 0) is 9.59 Å². The summed E-state index contributed by atoms with van der Waals surface area (Å²) >= 11 is 1.38. The summed E-state index contributed by atoms with van der Waals surface area (Å²) in [6.45, 7) is 4.30. The van der Waals surface area contributed by atoms with Crippen LogP contribution in [0.2, 0.25) is 0 Å². The van der Waals surface area contributed by atoms with Gasteiger partial charge in [-0.1, -0.05) is 43.3 Å². The van der Waals surface area contributed by atoms with Crippen molar-refractivity contribution in [3.63, 3.8) is 0 Å². The number of anilines is 2. The molecule has 0 fully saturated rings. The Kier molecular flexibility index (Phi) is 12.9. The topological polar surface area (TPSA) is 124 Å². The van der Waals surface area contributed by atoms with Gasteiger partial charge in [-0.2, -0.15) is 0 Å². The number of hydrogen-bond donors (Lipinski definition) is 3. The molecule has 4 aromatic rings. The van der Waals surface area contributed by atoms with Crippen LogP contribution >= 0.6 is 11.8 Å². The Bertz CT molecular complexity index is 1760. The zero-order chi connectivity index (χ0) is 34.5. The largest absolute Gasteiger partial charge is 0.496 e. The normalized spacial score (nSPS) is 11.6. The number of hydrogen-bond acceptors (Lipinski definition) is 8. The zero-order valence-corrected chi connectivity index (χ0v) is 28.3. The van der Waals surface area contributed by atoms with Crippen LogP contribution in [0.4, 0.5) is 11.4 Å². The number of thioether (sulfide) groups is 1. The standard InChI is InChI=1S/C37H39N3O7S/c1-6-34(37(43)39-28-18-11-12-19-30(28)47-7-2)48-27-17-13-16-26(22-27)38-36(42)29(40-35(41)24-14-9-8-10-15-24)20-25-21-32(45-4)33(46-5)23-31(25)44-3/h8-23,34H,6-7H2,1-5H3,(H,38,42)(H,39,43)(H,40,41)/b29-20+. The molecule has 0 heterocycles. The van der Waals surface area contributed by atoms with E-state index in [0.29, 0.717) is 58.5 Å². The van der Waals surface area contributed by atoms with Gasteiger partial charge in [0.1, 0.15) is 17.2 Å². The van der Waals surface area contributed by atoms with Crippen molar-refractivity contribution < 1.29 is 33.3 Å². The second-order valence-electron chi connectivity index (χ2n) is 10.2. The molecule has 4 aromatic carbocycles. The number of amides is 3. The monoisotopic (exact) mass is 669 g/mol. The van der Waals surface area contributed by atoms with Crippen molar-refractivity contribution in [2.24, 2.45) is 0 Å². The third-order valence-corrected chi connectivity index (χ3v) is 8.40. The van der Waals surface area contributed by atoms with Crippen LogP contribution in [0.5, 0.6) is 23.0 Å². The van der Waals surface area contributed by atoms with Crippen molar-refractivity contribution in [1.29, 1.82) is 0 Å². The highest BCUT2D eigenvalue weighted by atomic mass is 32.2. The summed E-state index contributed by atoms with van der Waals surface area (Å²) < 4.78 is 22.0. The van der Waals surface area contributed by atoms with E-state index >= 15 is 0 Å². The molecular formula is C37H39N3O7S. The molecule has 0 saturated heterocycles. The molecule has 0 bridgehead atoms. The van der Waals surface area contributed by atoms with E-state index in [1.807, 2.05) is 38.1 Å². The molecule has 0 aliphatic heterocycles. The highest BCUT2D eigenvalue weighted by molar-refractivity contribution is 8.00. The average molecular weight is 670 g/mol. The van der Waals surface area contributed by atoms with E-state index in [1.54, 1.807) is 66.7 Å². The van der Waals surface area contributed by atoms with Crippen LogP contribution in [-0.4, -0.2) is 50.9 Å². The number of carbonyl (C=O) groups is 3. The second-order valence-corrected chi connectivity index (χ2v) is 11.5. The quantitative estimate of drug-likeness (QED) is 0.0911. The summed E-state index contributed by atoms with van der Waals surface area (Å²) in [6, 6.07) is 26.3. The Hall–Kier alpha value is -5.42. The predicted molar refractivity (Wildman–Crippen MR) is 189 cm³/mol. The summed E-state index contributed by atoms with van der Waals surface area (Å²) in [6.07, 6.45) is 2.07. The first-order chi connectivity index (χ1) is 23.3. The molecule has 48 heavy (non-hydrogen) atoms. The van der Waals surface area contributed by atoms with Gasteiger partial charge in [-0.15, -0.1) is 11.8 Å². The van der Waals surface area contributed by atoms with E-state index in [2.05, 4.69) is 16.0 Å². The van der Waals surface area contributed by atoms with Gasteiger partial charge in [-0.25, -0.2) is 0 Å². The van der Waals surface area contributed by atoms with E-state index in [9.17, 15) is 14.4 Å². The SMILES string of the molecule is CCOc1ccccc1NC(=O)C(CC)Sc1cccc(NC(=O)/C(=C\c2cc(OC)c(OC)cc2OC)NC(=O)c2ccccc2)c1. The first-order valence-corrected chi connectivity index (χ1v) is 16.2. The van der Waals surface area contributed by atoms with Crippen molar-refractivity contribution in [3.8, 4) is 23.0 Å². The molecule has 0 spiro atoms. The van der Waals surface area contributed by atoms with Crippen molar-refractivity contribution in [3.05, 3.63) is 108 Å². The molecular weight excluding hydrogens is 630 g/mol. The fraction of sp³-hybridized carbons (Fsp3) is 0.216. The molecule has 0 saturated carbocycles. The van der Waals surface area contributed by atoms with Gasteiger partial charge in [0, 0.05) is 27.8 Å². The highest BCUT2D eigenvalue weighted by Crippen LogP contribution is 2.36. The predicted octanol–water partition coefficient (Wildman–Crippen LogP) is 7.03. The van der Waals surface area contributed by atoms with E-state index in [-0.39, 0.29) is 11.6 Å². The Morgan fingerprint density at radius 3 is 2.12 bits per heavy atom. The van der Waals surface area contributed by atoms with E-state index < -0.39 is 17.1 Å². The number of carbonyl (C=O) groups excluding carboxylic acids is 3. The lowest BCUT2D eigenvalue weighted by Gasteiger charge is -2.17. The summed E-state index contributed by atoms with van der Waals surface area (Å²) in [4.78, 5) is 41.0. The lowest BCUT2D eigenvalue weighted by molar-refractivity contribution is -0.116. The number of rotatable bonds is 15. The fourth-order valence-corrected chi connectivity index (χ4v) is 5.67. The van der Waals surface area contributed by atoms with Gasteiger partial charge in [-0.05, 0) is 68.0 Å². The highest BCUT2D eigenvalue weighted by Gasteiger charge is 2.21. The third-order valence-electron chi connectivity index (χ3n) is 7.04. The maximum Gasteiger partial charge on any atom is 0.272 e. The van der Waals surface area contributed by atoms with Crippen LogP contribution in [0, 0.1) is 0 Å². The zero-order valence-electron chi connectivity index (χ0n) is 27.5. The molecule has 1 unspecified atom stereocenters. The Balaban J connectivity index is 1.58. The minimum atomic E-state index is -0.574. The van der Waals surface area contributed by atoms with Crippen molar-refractivity contribution in [1.82, 2.24) is 5.32 Å². The summed E-state index contributed by atoms with van der Waals surface area (Å²) in [5, 5.41) is 8.19. The van der Waals surface area contributed by atoms with E-state index in [4.69, 9.17) is 18.9 Å². The first kappa shape index (κ1) is 35.4. The smallest absolute Gasteiger partial charge is 0.272 e. The van der Waals surface area contributed by atoms with Crippen molar-refractivity contribution >= 4 is 46.9 Å². The fourth-order valence-electron chi connectivity index (χ4n) is 4.66. The summed E-state index contributed by atoms with van der Waals surface area (Å²) in [5.74, 6) is 0.655. The van der Waals surface area contributed by atoms with Gasteiger partial charge in [0.2, 0.25) is 5.91 Å². The summed E-state index contributed by atoms with van der Waals surface area (Å²) in [7, 11) is 4.50. The number of ether oxygens (including phenoxy) is 4.